The number of aromatic nitrogens is 2. The third-order valence-electron chi connectivity index (χ3n) is 2.94. The monoisotopic (exact) mass is 315 g/mol. The SMILES string of the molecule is C#CCn1c(=NC(=O)c2cc(C)no2)sc2cccc(F)c21. The molecule has 0 saturated heterocycles. The number of benzene rings is 1. The summed E-state index contributed by atoms with van der Waals surface area (Å²) < 4.78 is 21.1. The summed E-state index contributed by atoms with van der Waals surface area (Å²) in [5.74, 6) is 1.48. The Kier molecular flexibility index (Phi) is 3.61. The second-order valence-corrected chi connectivity index (χ2v) is 5.52. The van der Waals surface area contributed by atoms with E-state index in [1.165, 1.54) is 28.0 Å². The lowest BCUT2D eigenvalue weighted by Gasteiger charge is -2.00. The Morgan fingerprint density at radius 1 is 1.59 bits per heavy atom. The van der Waals surface area contributed by atoms with E-state index in [1.54, 1.807) is 19.1 Å². The summed E-state index contributed by atoms with van der Waals surface area (Å²) in [6.45, 7) is 1.82. The molecule has 3 rings (SSSR count). The van der Waals surface area contributed by atoms with Gasteiger partial charge in [0.05, 0.1) is 22.5 Å². The number of carbonyl (C=O) groups excluding carboxylic acids is 1. The maximum absolute atomic E-state index is 14.0. The van der Waals surface area contributed by atoms with Gasteiger partial charge in [0.2, 0.25) is 5.76 Å². The maximum Gasteiger partial charge on any atom is 0.318 e. The molecule has 5 nitrogen and oxygen atoms in total. The van der Waals surface area contributed by atoms with Crippen LogP contribution in [0.2, 0.25) is 0 Å². The molecule has 0 aliphatic heterocycles. The van der Waals surface area contributed by atoms with E-state index < -0.39 is 11.7 Å². The summed E-state index contributed by atoms with van der Waals surface area (Å²) in [6, 6.07) is 6.18. The minimum atomic E-state index is -0.585. The normalized spacial score (nSPS) is 11.8. The van der Waals surface area contributed by atoms with Crippen LogP contribution in [0.1, 0.15) is 16.2 Å². The molecule has 1 amide bonds. The van der Waals surface area contributed by atoms with Crippen LogP contribution in [0.3, 0.4) is 0 Å². The number of thiazole rings is 1. The van der Waals surface area contributed by atoms with Crippen LogP contribution in [0.15, 0.2) is 33.8 Å². The van der Waals surface area contributed by atoms with E-state index in [9.17, 15) is 9.18 Å². The highest BCUT2D eigenvalue weighted by Crippen LogP contribution is 2.20. The van der Waals surface area contributed by atoms with Gasteiger partial charge in [-0.25, -0.2) is 4.39 Å². The first-order valence-corrected chi connectivity index (χ1v) is 7.15. The van der Waals surface area contributed by atoms with E-state index >= 15 is 0 Å². The van der Waals surface area contributed by atoms with Crippen molar-refractivity contribution in [1.29, 1.82) is 0 Å². The molecule has 1 aromatic carbocycles. The maximum atomic E-state index is 14.0. The predicted octanol–water partition coefficient (Wildman–Crippen LogP) is 2.51. The fourth-order valence-electron chi connectivity index (χ4n) is 2.02. The second kappa shape index (κ2) is 5.58. The number of hydrogen-bond donors (Lipinski definition) is 0. The molecule has 0 spiro atoms. The lowest BCUT2D eigenvalue weighted by atomic mass is 10.3. The highest BCUT2D eigenvalue weighted by atomic mass is 32.1. The number of fused-ring (bicyclic) bond motifs is 1. The number of rotatable bonds is 2. The summed E-state index contributed by atoms with van der Waals surface area (Å²) in [5, 5.41) is 3.64. The Labute approximate surface area is 128 Å². The van der Waals surface area contributed by atoms with Gasteiger partial charge < -0.3 is 9.09 Å². The summed E-state index contributed by atoms with van der Waals surface area (Å²) >= 11 is 1.19. The lowest BCUT2D eigenvalue weighted by molar-refractivity contribution is 0.0962. The number of nitrogens with zero attached hydrogens (tertiary/aromatic N) is 3. The fourth-order valence-corrected chi connectivity index (χ4v) is 3.06. The van der Waals surface area contributed by atoms with Crippen molar-refractivity contribution in [3.8, 4) is 12.3 Å². The van der Waals surface area contributed by atoms with E-state index in [0.29, 0.717) is 20.7 Å². The topological polar surface area (TPSA) is 60.4 Å². The van der Waals surface area contributed by atoms with Gasteiger partial charge in [-0.1, -0.05) is 28.5 Å². The zero-order valence-corrected chi connectivity index (χ0v) is 12.4. The van der Waals surface area contributed by atoms with E-state index in [4.69, 9.17) is 10.9 Å². The molecule has 0 saturated carbocycles. The summed E-state index contributed by atoms with van der Waals surface area (Å²) in [6.07, 6.45) is 5.33. The molecule has 2 heterocycles. The van der Waals surface area contributed by atoms with Gasteiger partial charge in [0.1, 0.15) is 5.82 Å². The minimum Gasteiger partial charge on any atom is -0.351 e. The minimum absolute atomic E-state index is 0.0303. The molecule has 0 unspecified atom stereocenters. The van der Waals surface area contributed by atoms with Crippen LogP contribution in [-0.2, 0) is 6.54 Å². The van der Waals surface area contributed by atoms with Crippen molar-refractivity contribution >= 4 is 27.5 Å². The average molecular weight is 315 g/mol. The van der Waals surface area contributed by atoms with E-state index in [2.05, 4.69) is 16.1 Å². The predicted molar refractivity (Wildman–Crippen MR) is 79.7 cm³/mol. The molecule has 110 valence electrons. The molecule has 0 aliphatic rings. The van der Waals surface area contributed by atoms with Crippen LogP contribution >= 0.6 is 11.3 Å². The number of amides is 1. The van der Waals surface area contributed by atoms with Crippen molar-refractivity contribution in [2.75, 3.05) is 0 Å². The first-order chi connectivity index (χ1) is 10.6. The number of carbonyl (C=O) groups is 1. The number of terminal acetylenes is 1. The molecule has 3 aromatic rings. The Morgan fingerprint density at radius 3 is 3.09 bits per heavy atom. The summed E-state index contributed by atoms with van der Waals surface area (Å²) in [4.78, 5) is 16.4. The highest BCUT2D eigenvalue weighted by molar-refractivity contribution is 7.16. The van der Waals surface area contributed by atoms with E-state index in [1.807, 2.05) is 0 Å². The molecule has 0 N–H and O–H groups in total. The Morgan fingerprint density at radius 2 is 2.41 bits per heavy atom. The third-order valence-corrected chi connectivity index (χ3v) is 3.98. The van der Waals surface area contributed by atoms with Crippen LogP contribution in [-0.4, -0.2) is 15.6 Å². The van der Waals surface area contributed by atoms with Gasteiger partial charge in [-0.05, 0) is 19.1 Å². The van der Waals surface area contributed by atoms with E-state index in [0.717, 1.165) is 0 Å². The fraction of sp³-hybridized carbons (Fsp3) is 0.133. The van der Waals surface area contributed by atoms with Crippen LogP contribution in [0.5, 0.6) is 0 Å². The number of para-hydroxylation sites is 1. The molecule has 0 bridgehead atoms. The molecule has 2 aromatic heterocycles. The molecular formula is C15H10FN3O2S. The van der Waals surface area contributed by atoms with Crippen LogP contribution in [0.4, 0.5) is 4.39 Å². The Balaban J connectivity index is 2.20. The number of halogens is 1. The average Bonchev–Trinajstić information content (AvgIpc) is 3.05. The second-order valence-electron chi connectivity index (χ2n) is 4.51. The molecular weight excluding hydrogens is 305 g/mol. The van der Waals surface area contributed by atoms with Crippen LogP contribution in [0, 0.1) is 25.1 Å². The van der Waals surface area contributed by atoms with Crippen molar-refractivity contribution in [3.05, 3.63) is 46.3 Å². The lowest BCUT2D eigenvalue weighted by Crippen LogP contribution is -2.16. The van der Waals surface area contributed by atoms with Gasteiger partial charge in [0.25, 0.3) is 0 Å². The van der Waals surface area contributed by atoms with E-state index in [-0.39, 0.29) is 12.3 Å². The van der Waals surface area contributed by atoms with Crippen molar-refractivity contribution in [1.82, 2.24) is 9.72 Å². The molecule has 22 heavy (non-hydrogen) atoms. The van der Waals surface area contributed by atoms with Gasteiger partial charge >= 0.3 is 5.91 Å². The quantitative estimate of drug-likeness (QED) is 0.683. The first-order valence-electron chi connectivity index (χ1n) is 6.34. The largest absolute Gasteiger partial charge is 0.351 e. The summed E-state index contributed by atoms with van der Waals surface area (Å²) in [5.41, 5.74) is 0.920. The molecule has 0 aliphatic carbocycles. The van der Waals surface area contributed by atoms with Gasteiger partial charge in [0, 0.05) is 6.07 Å². The third kappa shape index (κ3) is 2.44. The van der Waals surface area contributed by atoms with Crippen molar-refractivity contribution in [3.63, 3.8) is 0 Å². The molecule has 0 radical (unpaired) electrons. The summed E-state index contributed by atoms with van der Waals surface area (Å²) in [7, 11) is 0. The van der Waals surface area contributed by atoms with Crippen molar-refractivity contribution in [2.45, 2.75) is 13.5 Å². The molecule has 7 heteroatoms. The van der Waals surface area contributed by atoms with Gasteiger partial charge in [-0.2, -0.15) is 4.99 Å². The number of aryl methyl sites for hydroxylation is 1. The smallest absolute Gasteiger partial charge is 0.318 e. The first kappa shape index (κ1) is 14.2. The zero-order chi connectivity index (χ0) is 15.7. The van der Waals surface area contributed by atoms with Crippen LogP contribution in [0.25, 0.3) is 10.2 Å². The highest BCUT2D eigenvalue weighted by Gasteiger charge is 2.14. The Bertz CT molecular complexity index is 975. The standard InChI is InChI=1S/C15H10FN3O2S/c1-3-7-19-13-10(16)5-4-6-12(13)22-15(19)17-14(20)11-8-9(2)18-21-11/h1,4-6,8H,7H2,2H3. The molecule has 0 fully saturated rings. The van der Waals surface area contributed by atoms with Gasteiger partial charge in [0.15, 0.2) is 4.80 Å². The van der Waals surface area contributed by atoms with Crippen molar-refractivity contribution < 1.29 is 13.7 Å². The Hall–Kier alpha value is -2.72. The van der Waals surface area contributed by atoms with Gasteiger partial charge in [-0.3, -0.25) is 4.79 Å². The molecule has 0 atom stereocenters. The van der Waals surface area contributed by atoms with Crippen LogP contribution < -0.4 is 4.80 Å². The van der Waals surface area contributed by atoms with Gasteiger partial charge in [-0.15, -0.1) is 6.42 Å². The van der Waals surface area contributed by atoms with Crippen molar-refractivity contribution in [2.24, 2.45) is 4.99 Å². The number of hydrogen-bond acceptors (Lipinski definition) is 4. The zero-order valence-electron chi connectivity index (χ0n) is 11.5.